The van der Waals surface area contributed by atoms with Gasteiger partial charge in [0.05, 0.1) is 41.1 Å². The summed E-state index contributed by atoms with van der Waals surface area (Å²) in [5.74, 6) is 0.895. The SMILES string of the molecule is COC(=O)C1=C(C)NC2=C(C(=O)C[C@@H](c3ccc(OC)cc3)C2)[C@@H]1c1cc(OC)c(OC)c(OC)c1. The fourth-order valence-corrected chi connectivity index (χ4v) is 5.13. The molecule has 2 aromatic carbocycles. The monoisotopic (exact) mass is 493 g/mol. The summed E-state index contributed by atoms with van der Waals surface area (Å²) in [7, 11) is 7.54. The molecule has 190 valence electrons. The van der Waals surface area contributed by atoms with Crippen LogP contribution in [-0.2, 0) is 14.3 Å². The van der Waals surface area contributed by atoms with Crippen LogP contribution in [0.1, 0.15) is 42.7 Å². The number of ether oxygens (including phenoxy) is 5. The Hall–Kier alpha value is -3.94. The molecule has 0 fully saturated rings. The Balaban J connectivity index is 1.85. The van der Waals surface area contributed by atoms with Gasteiger partial charge in [0.2, 0.25) is 5.75 Å². The zero-order valence-corrected chi connectivity index (χ0v) is 21.4. The first-order valence-electron chi connectivity index (χ1n) is 11.6. The Bertz CT molecular complexity index is 1220. The van der Waals surface area contributed by atoms with Gasteiger partial charge >= 0.3 is 5.97 Å². The summed E-state index contributed by atoms with van der Waals surface area (Å²) in [4.78, 5) is 26.7. The number of carbonyl (C=O) groups excluding carboxylic acids is 2. The Labute approximate surface area is 210 Å². The average Bonchev–Trinajstić information content (AvgIpc) is 2.90. The molecule has 0 saturated heterocycles. The minimum atomic E-state index is -0.647. The third-order valence-electron chi connectivity index (χ3n) is 6.84. The van der Waals surface area contributed by atoms with Crippen LogP contribution >= 0.6 is 0 Å². The van der Waals surface area contributed by atoms with Gasteiger partial charge in [0.15, 0.2) is 17.3 Å². The lowest BCUT2D eigenvalue weighted by molar-refractivity contribution is -0.136. The molecular weight excluding hydrogens is 462 g/mol. The third-order valence-corrected chi connectivity index (χ3v) is 6.84. The number of hydrogen-bond acceptors (Lipinski definition) is 8. The Morgan fingerprint density at radius 2 is 1.50 bits per heavy atom. The number of allylic oxidation sites excluding steroid dienone is 3. The highest BCUT2D eigenvalue weighted by Crippen LogP contribution is 2.49. The van der Waals surface area contributed by atoms with Crippen molar-refractivity contribution in [3.63, 3.8) is 0 Å². The molecule has 0 amide bonds. The molecule has 1 aliphatic heterocycles. The van der Waals surface area contributed by atoms with Gasteiger partial charge in [-0.25, -0.2) is 4.79 Å². The van der Waals surface area contributed by atoms with Crippen LogP contribution < -0.4 is 24.3 Å². The second-order valence-corrected chi connectivity index (χ2v) is 8.74. The van der Waals surface area contributed by atoms with Gasteiger partial charge in [-0.05, 0) is 54.7 Å². The van der Waals surface area contributed by atoms with Crippen LogP contribution in [0.15, 0.2) is 58.9 Å². The van der Waals surface area contributed by atoms with E-state index in [-0.39, 0.29) is 11.7 Å². The lowest BCUT2D eigenvalue weighted by Crippen LogP contribution is -2.36. The van der Waals surface area contributed by atoms with Crippen LogP contribution in [0.4, 0.5) is 0 Å². The minimum absolute atomic E-state index is 0.00252. The predicted octanol–water partition coefficient (Wildman–Crippen LogP) is 4.26. The molecule has 0 spiro atoms. The fraction of sp³-hybridized carbons (Fsp3) is 0.357. The van der Waals surface area contributed by atoms with Crippen molar-refractivity contribution in [3.8, 4) is 23.0 Å². The normalized spacial score (nSPS) is 19.3. The smallest absolute Gasteiger partial charge is 0.336 e. The van der Waals surface area contributed by atoms with Crippen LogP contribution in [0.2, 0.25) is 0 Å². The van der Waals surface area contributed by atoms with Gasteiger partial charge in [-0.15, -0.1) is 0 Å². The van der Waals surface area contributed by atoms with E-state index in [1.807, 2.05) is 31.2 Å². The van der Waals surface area contributed by atoms with Gasteiger partial charge in [-0.1, -0.05) is 12.1 Å². The lowest BCUT2D eigenvalue weighted by Gasteiger charge is -2.36. The van der Waals surface area contributed by atoms with Crippen molar-refractivity contribution >= 4 is 11.8 Å². The van der Waals surface area contributed by atoms with Crippen molar-refractivity contribution < 1.29 is 33.3 Å². The predicted molar refractivity (Wildman–Crippen MR) is 134 cm³/mol. The van der Waals surface area contributed by atoms with E-state index in [4.69, 9.17) is 23.7 Å². The highest BCUT2D eigenvalue weighted by Gasteiger charge is 2.42. The molecule has 0 aromatic heterocycles. The zero-order chi connectivity index (χ0) is 26.0. The van der Waals surface area contributed by atoms with E-state index in [1.54, 1.807) is 19.2 Å². The molecule has 2 atom stereocenters. The van der Waals surface area contributed by atoms with Crippen LogP contribution in [0.5, 0.6) is 23.0 Å². The molecule has 1 aliphatic carbocycles. The van der Waals surface area contributed by atoms with Crippen LogP contribution in [-0.4, -0.2) is 47.3 Å². The molecule has 8 heteroatoms. The van der Waals surface area contributed by atoms with Crippen molar-refractivity contribution in [2.45, 2.75) is 31.6 Å². The average molecular weight is 494 g/mol. The summed E-state index contributed by atoms with van der Waals surface area (Å²) in [6.07, 6.45) is 0.946. The minimum Gasteiger partial charge on any atom is -0.497 e. The second kappa shape index (κ2) is 10.4. The van der Waals surface area contributed by atoms with Gasteiger partial charge in [-0.3, -0.25) is 4.79 Å². The number of Topliss-reactive ketones (excluding diaryl/α,β-unsaturated/α-hetero) is 1. The summed E-state index contributed by atoms with van der Waals surface area (Å²) in [5.41, 5.74) is 4.11. The summed E-state index contributed by atoms with van der Waals surface area (Å²) in [5, 5.41) is 3.34. The second-order valence-electron chi connectivity index (χ2n) is 8.74. The van der Waals surface area contributed by atoms with E-state index in [0.717, 1.165) is 17.0 Å². The van der Waals surface area contributed by atoms with Crippen molar-refractivity contribution in [1.82, 2.24) is 5.32 Å². The van der Waals surface area contributed by atoms with Gasteiger partial charge < -0.3 is 29.0 Å². The topological polar surface area (TPSA) is 92.3 Å². The number of nitrogens with one attached hydrogen (secondary N) is 1. The van der Waals surface area contributed by atoms with E-state index < -0.39 is 11.9 Å². The Morgan fingerprint density at radius 1 is 0.861 bits per heavy atom. The van der Waals surface area contributed by atoms with Crippen molar-refractivity contribution in [2.75, 3.05) is 35.5 Å². The highest BCUT2D eigenvalue weighted by atomic mass is 16.5. The first-order valence-corrected chi connectivity index (χ1v) is 11.6. The summed E-state index contributed by atoms with van der Waals surface area (Å²) >= 11 is 0. The van der Waals surface area contributed by atoms with Crippen LogP contribution in [0, 0.1) is 0 Å². The van der Waals surface area contributed by atoms with Gasteiger partial charge in [0, 0.05) is 29.3 Å². The van der Waals surface area contributed by atoms with E-state index in [1.165, 1.54) is 28.4 Å². The molecule has 0 unspecified atom stereocenters. The summed E-state index contributed by atoms with van der Waals surface area (Å²) < 4.78 is 27.0. The van der Waals surface area contributed by atoms with Crippen molar-refractivity contribution in [3.05, 3.63) is 70.1 Å². The molecule has 0 bridgehead atoms. The van der Waals surface area contributed by atoms with Crippen molar-refractivity contribution in [1.29, 1.82) is 0 Å². The molecule has 2 aromatic rings. The van der Waals surface area contributed by atoms with E-state index in [9.17, 15) is 9.59 Å². The molecule has 8 nitrogen and oxygen atoms in total. The van der Waals surface area contributed by atoms with E-state index in [0.29, 0.717) is 52.5 Å². The van der Waals surface area contributed by atoms with Gasteiger partial charge in [0.25, 0.3) is 0 Å². The lowest BCUT2D eigenvalue weighted by atomic mass is 9.71. The quantitative estimate of drug-likeness (QED) is 0.572. The maximum Gasteiger partial charge on any atom is 0.336 e. The number of methoxy groups -OCH3 is 5. The molecule has 1 heterocycles. The molecule has 36 heavy (non-hydrogen) atoms. The number of dihydropyridines is 1. The van der Waals surface area contributed by atoms with Crippen LogP contribution in [0.3, 0.4) is 0 Å². The number of esters is 1. The number of rotatable bonds is 7. The molecular formula is C28H31NO7. The molecule has 0 radical (unpaired) electrons. The Kier molecular flexibility index (Phi) is 7.24. The maximum atomic E-state index is 13.7. The zero-order valence-electron chi connectivity index (χ0n) is 21.4. The fourth-order valence-electron chi connectivity index (χ4n) is 5.13. The first-order chi connectivity index (χ1) is 17.4. The number of carbonyl (C=O) groups is 2. The van der Waals surface area contributed by atoms with Crippen LogP contribution in [0.25, 0.3) is 0 Å². The standard InChI is InChI=1S/C28H31NO7/c1-15-24(28(31)36-6)25(18-13-22(33-3)27(35-5)23(14-18)34-4)26-20(29-15)11-17(12-21(26)30)16-7-9-19(32-2)10-8-16/h7-10,13-14,17,25,29H,11-12H2,1-6H3/t17-,25+/m0/s1. The molecule has 4 rings (SSSR count). The van der Waals surface area contributed by atoms with E-state index >= 15 is 0 Å². The number of benzene rings is 2. The third kappa shape index (κ3) is 4.39. The molecule has 1 N–H and O–H groups in total. The summed E-state index contributed by atoms with van der Waals surface area (Å²) in [6, 6.07) is 11.3. The van der Waals surface area contributed by atoms with Crippen molar-refractivity contribution in [2.24, 2.45) is 0 Å². The summed E-state index contributed by atoms with van der Waals surface area (Å²) in [6.45, 7) is 1.82. The number of ketones is 1. The first kappa shape index (κ1) is 25.2. The molecule has 0 saturated carbocycles. The largest absolute Gasteiger partial charge is 0.497 e. The number of hydrogen-bond donors (Lipinski definition) is 1. The maximum absolute atomic E-state index is 13.7. The Morgan fingerprint density at radius 3 is 2.03 bits per heavy atom. The van der Waals surface area contributed by atoms with Gasteiger partial charge in [-0.2, -0.15) is 0 Å². The molecule has 2 aliphatic rings. The van der Waals surface area contributed by atoms with Gasteiger partial charge in [0.1, 0.15) is 5.75 Å². The highest BCUT2D eigenvalue weighted by molar-refractivity contribution is 6.04. The van der Waals surface area contributed by atoms with E-state index in [2.05, 4.69) is 5.32 Å².